The molecule has 19 heavy (non-hydrogen) atoms. The molecule has 0 radical (unpaired) electrons. The fourth-order valence-electron chi connectivity index (χ4n) is 4.57. The van der Waals surface area contributed by atoms with Crippen molar-refractivity contribution in [1.82, 2.24) is 3.80 Å². The van der Waals surface area contributed by atoms with Gasteiger partial charge in [0.1, 0.15) is 0 Å². The maximum atomic E-state index is 4.29. The molecular weight excluding hydrogens is 282 g/mol. The van der Waals surface area contributed by atoms with Crippen molar-refractivity contribution in [3.05, 3.63) is 21.6 Å². The average Bonchev–Trinajstić information content (AvgIpc) is 2.64. The maximum absolute atomic E-state index is 4.29. The molecule has 0 aromatic rings. The minimum absolute atomic E-state index is 0.730. The van der Waals surface area contributed by atoms with Crippen molar-refractivity contribution in [3.63, 3.8) is 0 Å². The zero-order chi connectivity index (χ0) is 14.5. The molecule has 1 N–H and O–H groups in total. The van der Waals surface area contributed by atoms with Crippen LogP contribution < -0.4 is 3.80 Å². The minimum atomic E-state index is -3.74. The predicted octanol–water partition coefficient (Wildman–Crippen LogP) is 4.56. The topological polar surface area (TPSA) is 12.0 Å². The van der Waals surface area contributed by atoms with Gasteiger partial charge in [0, 0.05) is 0 Å². The van der Waals surface area contributed by atoms with Gasteiger partial charge in [0.05, 0.1) is 0 Å². The van der Waals surface area contributed by atoms with Crippen molar-refractivity contribution in [2.45, 2.75) is 72.4 Å². The molecule has 2 aliphatic rings. The van der Waals surface area contributed by atoms with Crippen molar-refractivity contribution in [2.24, 2.45) is 0 Å². The van der Waals surface area contributed by atoms with Crippen LogP contribution in [0.1, 0.15) is 45.4 Å². The van der Waals surface area contributed by atoms with Crippen molar-refractivity contribution in [2.75, 3.05) is 0 Å². The van der Waals surface area contributed by atoms with Crippen LogP contribution in [0.2, 0.25) is 20.9 Å². The molecule has 0 saturated heterocycles. The van der Waals surface area contributed by atoms with Crippen LogP contribution in [0.25, 0.3) is 0 Å². The van der Waals surface area contributed by atoms with Crippen LogP contribution in [0.15, 0.2) is 21.6 Å². The summed E-state index contributed by atoms with van der Waals surface area (Å²) in [6, 6.07) is 0.730. The van der Waals surface area contributed by atoms with Crippen molar-refractivity contribution < 1.29 is 11.7 Å². The average molecular weight is 315 g/mol. The van der Waals surface area contributed by atoms with Crippen molar-refractivity contribution in [3.8, 4) is 0 Å². The van der Waals surface area contributed by atoms with Gasteiger partial charge in [-0.1, -0.05) is 0 Å². The summed E-state index contributed by atoms with van der Waals surface area (Å²) in [5.41, 5.74) is 1.52. The Morgan fingerprint density at radius 2 is 1.68 bits per heavy atom. The van der Waals surface area contributed by atoms with E-state index in [0.717, 1.165) is 12.5 Å². The van der Waals surface area contributed by atoms with Gasteiger partial charge >= 0.3 is 117 Å². The first kappa shape index (κ1) is 15.8. The fraction of sp³-hybridized carbons (Fsp3) is 0.750. The van der Waals surface area contributed by atoms with Gasteiger partial charge in [-0.3, -0.25) is 0 Å². The first-order chi connectivity index (χ1) is 8.33. The molecule has 2 rings (SSSR count). The second-order valence-corrected chi connectivity index (χ2v) is 48.6. The molecule has 110 valence electrons. The molecule has 3 heteroatoms. The summed E-state index contributed by atoms with van der Waals surface area (Å²) in [5.74, 6) is 0. The number of nitrogens with one attached hydrogen (secondary N) is 1. The van der Waals surface area contributed by atoms with E-state index < -0.39 is 11.7 Å². The van der Waals surface area contributed by atoms with Gasteiger partial charge in [-0.15, -0.1) is 0 Å². The van der Waals surface area contributed by atoms with Crippen LogP contribution in [-0.2, 0) is 11.7 Å². The predicted molar refractivity (Wildman–Crippen MR) is 88.5 cm³/mol. The second kappa shape index (κ2) is 3.58. The molecule has 0 bridgehead atoms. The van der Waals surface area contributed by atoms with E-state index in [0.29, 0.717) is 0 Å². The van der Waals surface area contributed by atoms with E-state index in [1.165, 1.54) is 37.7 Å². The van der Waals surface area contributed by atoms with Gasteiger partial charge in [0.25, 0.3) is 0 Å². The van der Waals surface area contributed by atoms with Gasteiger partial charge in [0.15, 0.2) is 0 Å². The molecule has 0 aliphatic heterocycles. The monoisotopic (exact) mass is 315 g/mol. The molecule has 1 nitrogen and oxygen atoms in total. The molecule has 0 unspecified atom stereocenters. The molecule has 1 saturated carbocycles. The van der Waals surface area contributed by atoms with Gasteiger partial charge in [-0.25, -0.2) is 0 Å². The quantitative estimate of drug-likeness (QED) is 0.753. The number of rotatable bonds is 3. The summed E-state index contributed by atoms with van der Waals surface area (Å²) in [6.07, 6.45) is 12.8. The van der Waals surface area contributed by atoms with E-state index in [4.69, 9.17) is 0 Å². The van der Waals surface area contributed by atoms with Crippen molar-refractivity contribution >= 4 is 7.63 Å². The Morgan fingerprint density at radius 3 is 2.16 bits per heavy atom. The third kappa shape index (κ3) is 3.34. The zero-order valence-electron chi connectivity index (χ0n) is 13.7. The van der Waals surface area contributed by atoms with Gasteiger partial charge < -0.3 is 0 Å². The standard InChI is InChI=1S/C6H12N.C6H7.4CH3.H2Si.Ti/c7-6-4-2-1-3-5-6;1-6-4-2-3-5-6;;;;;;/h6-7H,1-5H2;2,4H,3H2,1H3;4*1H3;1H2;/q-1;;;;;;;+1. The SMILES string of the molecule is CC1=[C]([Ti]([CH3])([CH3])([CH3])([CH3])(=[SiH2])[NH]C2CCCCC2)CC=C1. The number of hydrogen-bond acceptors (Lipinski definition) is 1. The molecule has 0 spiro atoms. The van der Waals surface area contributed by atoms with E-state index in [9.17, 15) is 0 Å². The van der Waals surface area contributed by atoms with Crippen LogP contribution in [0.4, 0.5) is 0 Å². The second-order valence-electron chi connectivity index (χ2n) is 11.1. The van der Waals surface area contributed by atoms with Crippen LogP contribution in [0.3, 0.4) is 0 Å². The molecule has 0 aromatic heterocycles. The summed E-state index contributed by atoms with van der Waals surface area (Å²) in [7, 11) is 2.32. The summed E-state index contributed by atoms with van der Waals surface area (Å²) in [4.78, 5) is 0. The number of hydrogen-bond donors (Lipinski definition) is 1. The molecule has 0 atom stereocenters. The van der Waals surface area contributed by atoms with Crippen LogP contribution >= 0.6 is 0 Å². The zero-order valence-corrected chi connectivity index (χ0v) is 16.7. The Bertz CT molecular complexity index is 561. The van der Waals surface area contributed by atoms with E-state index >= 15 is 0 Å². The van der Waals surface area contributed by atoms with Crippen LogP contribution in [0, 0.1) is 0 Å². The summed E-state index contributed by atoms with van der Waals surface area (Å²) in [6.45, 7) is 2.30. The summed E-state index contributed by atoms with van der Waals surface area (Å²) >= 11 is -3.74. The Kier molecular flexibility index (Phi) is 2.97. The first-order valence-electron chi connectivity index (χ1n) is 8.09. The molecule has 2 aliphatic carbocycles. The van der Waals surface area contributed by atoms with Crippen LogP contribution in [-0.4, -0.2) is 13.7 Å². The van der Waals surface area contributed by atoms with Gasteiger partial charge in [-0.2, -0.15) is 0 Å². The van der Waals surface area contributed by atoms with Crippen molar-refractivity contribution in [1.29, 1.82) is 0 Å². The van der Waals surface area contributed by atoms with E-state index in [-0.39, 0.29) is 0 Å². The Labute approximate surface area is 117 Å². The molecule has 0 aromatic carbocycles. The van der Waals surface area contributed by atoms with E-state index in [2.05, 4.69) is 51.4 Å². The van der Waals surface area contributed by atoms with E-state index in [1.807, 2.05) is 0 Å². The third-order valence-corrected chi connectivity index (χ3v) is 16.7. The van der Waals surface area contributed by atoms with Gasteiger partial charge in [-0.05, 0) is 0 Å². The first-order valence-corrected chi connectivity index (χ1v) is 19.9. The Morgan fingerprint density at radius 1 is 1.11 bits per heavy atom. The molecule has 0 heterocycles. The number of allylic oxidation sites excluding steroid dienone is 4. The Hall–Kier alpha value is 0.371. The summed E-state index contributed by atoms with van der Waals surface area (Å²) in [5, 5.41) is 10.4. The molecular formula is C16H33NSiTi. The molecule has 0 amide bonds. The normalized spacial score (nSPS) is 27.7. The fourth-order valence-corrected chi connectivity index (χ4v) is 16.7. The van der Waals surface area contributed by atoms with Crippen LogP contribution in [0.5, 0.6) is 0 Å². The third-order valence-electron chi connectivity index (χ3n) is 5.30. The van der Waals surface area contributed by atoms with E-state index in [1.54, 1.807) is 3.88 Å². The molecule has 1 fully saturated rings. The Balaban J connectivity index is 2.46. The van der Waals surface area contributed by atoms with Gasteiger partial charge in [0.2, 0.25) is 0 Å². The summed E-state index contributed by atoms with van der Waals surface area (Å²) < 4.78 is 6.01.